The molecule has 2 heterocycles. The molecule has 0 aliphatic carbocycles. The van der Waals surface area contributed by atoms with Crippen molar-refractivity contribution in [2.75, 3.05) is 5.32 Å². The smallest absolute Gasteiger partial charge is 0.244 e. The van der Waals surface area contributed by atoms with Crippen molar-refractivity contribution >= 4 is 28.3 Å². The molecular formula is C25H19F2N3O3. The zero-order valence-electron chi connectivity index (χ0n) is 17.9. The Labute approximate surface area is 187 Å². The molecule has 4 rings (SSSR count). The highest BCUT2D eigenvalue weighted by molar-refractivity contribution is 6.10. The summed E-state index contributed by atoms with van der Waals surface area (Å²) in [6.45, 7) is 3.47. The van der Waals surface area contributed by atoms with Crippen molar-refractivity contribution in [2.45, 2.75) is 20.4 Å². The number of nitrogens with zero attached hydrogens (tertiary/aromatic N) is 2. The number of ketones is 1. The van der Waals surface area contributed by atoms with Crippen LogP contribution in [0.25, 0.3) is 10.9 Å². The first-order chi connectivity index (χ1) is 15.7. The number of fused-ring (bicyclic) bond motifs is 1. The minimum Gasteiger partial charge on any atom is -0.337 e. The van der Waals surface area contributed by atoms with Crippen molar-refractivity contribution in [3.05, 3.63) is 105 Å². The second kappa shape index (κ2) is 8.74. The van der Waals surface area contributed by atoms with E-state index in [0.717, 1.165) is 23.3 Å². The number of carbonyl (C=O) groups is 2. The minimum absolute atomic E-state index is 0.0856. The van der Waals surface area contributed by atoms with Crippen LogP contribution < -0.4 is 10.7 Å². The first kappa shape index (κ1) is 22.0. The van der Waals surface area contributed by atoms with E-state index in [4.69, 9.17) is 0 Å². The molecule has 4 aromatic rings. The van der Waals surface area contributed by atoms with Crippen molar-refractivity contribution in [3.8, 4) is 0 Å². The van der Waals surface area contributed by atoms with Gasteiger partial charge in [-0.15, -0.1) is 0 Å². The van der Waals surface area contributed by atoms with Crippen molar-refractivity contribution < 1.29 is 18.4 Å². The summed E-state index contributed by atoms with van der Waals surface area (Å²) in [5, 5.41) is 2.81. The molecule has 0 aliphatic rings. The van der Waals surface area contributed by atoms with Crippen molar-refractivity contribution in [2.24, 2.45) is 0 Å². The van der Waals surface area contributed by atoms with Gasteiger partial charge >= 0.3 is 0 Å². The van der Waals surface area contributed by atoms with Crippen LogP contribution in [0.5, 0.6) is 0 Å². The van der Waals surface area contributed by atoms with Gasteiger partial charge in [0.05, 0.1) is 11.1 Å². The summed E-state index contributed by atoms with van der Waals surface area (Å²) in [6.07, 6.45) is 4.26. The van der Waals surface area contributed by atoms with E-state index in [9.17, 15) is 23.2 Å². The lowest BCUT2D eigenvalue weighted by Crippen LogP contribution is -2.24. The van der Waals surface area contributed by atoms with E-state index < -0.39 is 28.8 Å². The quantitative estimate of drug-likeness (QED) is 0.466. The lowest BCUT2D eigenvalue weighted by atomic mass is 10.0. The van der Waals surface area contributed by atoms with E-state index in [-0.39, 0.29) is 17.8 Å². The number of aryl methyl sites for hydroxylation is 2. The molecule has 6 nitrogen and oxygen atoms in total. The summed E-state index contributed by atoms with van der Waals surface area (Å²) in [7, 11) is 0. The number of pyridine rings is 2. The molecule has 1 N–H and O–H groups in total. The zero-order valence-corrected chi connectivity index (χ0v) is 17.9. The zero-order chi connectivity index (χ0) is 23.7. The van der Waals surface area contributed by atoms with Gasteiger partial charge in [-0.2, -0.15) is 0 Å². The Kier molecular flexibility index (Phi) is 5.83. The van der Waals surface area contributed by atoms with Gasteiger partial charge in [0.2, 0.25) is 11.3 Å². The molecule has 33 heavy (non-hydrogen) atoms. The monoisotopic (exact) mass is 447 g/mol. The van der Waals surface area contributed by atoms with Crippen molar-refractivity contribution in [1.29, 1.82) is 0 Å². The molecule has 0 fully saturated rings. The van der Waals surface area contributed by atoms with Gasteiger partial charge in [-0.1, -0.05) is 0 Å². The average molecular weight is 447 g/mol. The molecule has 0 bridgehead atoms. The van der Waals surface area contributed by atoms with E-state index in [1.165, 1.54) is 41.4 Å². The Bertz CT molecular complexity index is 1460. The minimum atomic E-state index is -1.09. The number of aromatic nitrogens is 2. The van der Waals surface area contributed by atoms with Crippen LogP contribution in [0.1, 0.15) is 27.0 Å². The summed E-state index contributed by atoms with van der Waals surface area (Å²) in [6, 6.07) is 9.52. The number of rotatable bonds is 5. The maximum Gasteiger partial charge on any atom is 0.244 e. The van der Waals surface area contributed by atoms with E-state index >= 15 is 0 Å². The number of amides is 1. The number of carbonyl (C=O) groups excluding carboxylic acids is 2. The maximum absolute atomic E-state index is 13.5. The third kappa shape index (κ3) is 4.41. The lowest BCUT2D eigenvalue weighted by molar-refractivity contribution is -0.116. The fourth-order valence-electron chi connectivity index (χ4n) is 3.53. The summed E-state index contributed by atoms with van der Waals surface area (Å²) in [5.74, 6) is -3.13. The number of anilines is 1. The third-order valence-electron chi connectivity index (χ3n) is 5.40. The highest BCUT2D eigenvalue weighted by Crippen LogP contribution is 2.20. The largest absolute Gasteiger partial charge is 0.337 e. The summed E-state index contributed by atoms with van der Waals surface area (Å²) in [4.78, 5) is 42.8. The Balaban J connectivity index is 1.78. The van der Waals surface area contributed by atoms with Crippen LogP contribution in [0, 0.1) is 25.5 Å². The predicted molar refractivity (Wildman–Crippen MR) is 120 cm³/mol. The predicted octanol–water partition coefficient (Wildman–Crippen LogP) is 4.16. The first-order valence-corrected chi connectivity index (χ1v) is 10.1. The number of benzene rings is 2. The van der Waals surface area contributed by atoms with Crippen molar-refractivity contribution in [1.82, 2.24) is 9.55 Å². The number of hydrogen-bond donors (Lipinski definition) is 1. The summed E-state index contributed by atoms with van der Waals surface area (Å²) in [5.41, 5.74) is 2.11. The molecule has 0 saturated carbocycles. The molecule has 0 radical (unpaired) electrons. The third-order valence-corrected chi connectivity index (χ3v) is 5.40. The maximum atomic E-state index is 13.5. The Morgan fingerprint density at radius 2 is 1.67 bits per heavy atom. The van der Waals surface area contributed by atoms with Gasteiger partial charge in [-0.05, 0) is 61.4 Å². The van der Waals surface area contributed by atoms with Gasteiger partial charge in [0.1, 0.15) is 6.54 Å². The summed E-state index contributed by atoms with van der Waals surface area (Å²) < 4.78 is 28.2. The first-order valence-electron chi connectivity index (χ1n) is 10.1. The van der Waals surface area contributed by atoms with Gasteiger partial charge in [-0.25, -0.2) is 8.78 Å². The highest BCUT2D eigenvalue weighted by Gasteiger charge is 2.19. The topological polar surface area (TPSA) is 81.1 Å². The second-order valence-corrected chi connectivity index (χ2v) is 7.70. The van der Waals surface area contributed by atoms with Gasteiger partial charge in [0.15, 0.2) is 17.4 Å². The Morgan fingerprint density at radius 1 is 0.970 bits per heavy atom. The molecule has 0 atom stereocenters. The van der Waals surface area contributed by atoms with Crippen LogP contribution in [0.2, 0.25) is 0 Å². The molecular weight excluding hydrogens is 428 g/mol. The van der Waals surface area contributed by atoms with E-state index in [0.29, 0.717) is 16.5 Å². The van der Waals surface area contributed by atoms with Crippen LogP contribution in [0.3, 0.4) is 0 Å². The molecule has 1 amide bonds. The number of hydrogen-bond acceptors (Lipinski definition) is 4. The van der Waals surface area contributed by atoms with E-state index in [1.54, 1.807) is 12.1 Å². The van der Waals surface area contributed by atoms with Crippen LogP contribution in [-0.4, -0.2) is 21.2 Å². The number of halogens is 2. The standard InChI is InChI=1S/C25H19F2N3O3/c1-14-9-18-22(10-15(14)2)30(13-23(31)29-17-3-4-20(26)21(27)11-17)12-19(25(18)33)24(32)16-5-7-28-8-6-16/h3-12H,13H2,1-2H3,(H,29,31). The average Bonchev–Trinajstić information content (AvgIpc) is 2.79. The lowest BCUT2D eigenvalue weighted by Gasteiger charge is -2.15. The normalized spacial score (nSPS) is 10.9. The Hall–Kier alpha value is -4.20. The molecule has 166 valence electrons. The molecule has 2 aromatic heterocycles. The van der Waals surface area contributed by atoms with Crippen LogP contribution in [0.4, 0.5) is 14.5 Å². The van der Waals surface area contributed by atoms with Gasteiger partial charge < -0.3 is 9.88 Å². The van der Waals surface area contributed by atoms with Crippen LogP contribution >= 0.6 is 0 Å². The Morgan fingerprint density at radius 3 is 2.36 bits per heavy atom. The van der Waals surface area contributed by atoms with Gasteiger partial charge in [-0.3, -0.25) is 19.4 Å². The van der Waals surface area contributed by atoms with E-state index in [2.05, 4.69) is 10.3 Å². The van der Waals surface area contributed by atoms with Crippen LogP contribution in [0.15, 0.2) is 65.8 Å². The van der Waals surface area contributed by atoms with Gasteiger partial charge in [0.25, 0.3) is 0 Å². The SMILES string of the molecule is Cc1cc2c(=O)c(C(=O)c3ccncc3)cn(CC(=O)Nc3ccc(F)c(F)c3)c2cc1C. The fourth-order valence-corrected chi connectivity index (χ4v) is 3.53. The molecule has 8 heteroatoms. The summed E-state index contributed by atoms with van der Waals surface area (Å²) >= 11 is 0. The van der Waals surface area contributed by atoms with Crippen molar-refractivity contribution in [3.63, 3.8) is 0 Å². The van der Waals surface area contributed by atoms with E-state index in [1.807, 2.05) is 13.8 Å². The highest BCUT2D eigenvalue weighted by atomic mass is 19.2. The molecule has 2 aromatic carbocycles. The molecule has 0 saturated heterocycles. The van der Waals surface area contributed by atoms with Gasteiger partial charge in [0, 0.05) is 41.3 Å². The fraction of sp³-hybridized carbons (Fsp3) is 0.120. The molecule has 0 unspecified atom stereocenters. The number of nitrogens with one attached hydrogen (secondary N) is 1. The second-order valence-electron chi connectivity index (χ2n) is 7.70. The molecule has 0 spiro atoms. The molecule has 0 aliphatic heterocycles. The van der Waals surface area contributed by atoms with Crippen LogP contribution in [-0.2, 0) is 11.3 Å².